The number of anilines is 1. The molecule has 1 aliphatic rings. The van der Waals surface area contributed by atoms with Crippen molar-refractivity contribution < 1.29 is 9.21 Å². The molecule has 2 aromatic carbocycles. The third kappa shape index (κ3) is 3.09. The largest absolute Gasteiger partial charge is 0.423 e. The van der Waals surface area contributed by atoms with E-state index in [4.69, 9.17) is 4.42 Å². The van der Waals surface area contributed by atoms with Crippen molar-refractivity contribution in [2.45, 2.75) is 13.8 Å². The summed E-state index contributed by atoms with van der Waals surface area (Å²) in [5.74, 6) is 0.101. The first-order valence-electron chi connectivity index (χ1n) is 8.58. The van der Waals surface area contributed by atoms with Crippen LogP contribution in [-0.4, -0.2) is 42.0 Å². The fourth-order valence-electron chi connectivity index (χ4n) is 3.38. The third-order valence-electron chi connectivity index (χ3n) is 4.59. The van der Waals surface area contributed by atoms with Crippen molar-refractivity contribution in [3.8, 4) is 0 Å². The van der Waals surface area contributed by atoms with Gasteiger partial charge in [0.15, 0.2) is 5.58 Å². The van der Waals surface area contributed by atoms with Gasteiger partial charge in [-0.1, -0.05) is 29.3 Å². The normalized spacial score (nSPS) is 15.0. The summed E-state index contributed by atoms with van der Waals surface area (Å²) in [5, 5.41) is 0. The molecular weight excluding hydrogens is 314 g/mol. The van der Waals surface area contributed by atoms with Gasteiger partial charge < -0.3 is 14.2 Å². The Morgan fingerprint density at radius 3 is 2.36 bits per heavy atom. The Labute approximate surface area is 146 Å². The average molecular weight is 335 g/mol. The number of aryl methyl sites for hydroxylation is 2. The van der Waals surface area contributed by atoms with Crippen LogP contribution in [0.5, 0.6) is 0 Å². The number of carbonyl (C=O) groups is 1. The molecule has 1 aromatic heterocycles. The zero-order valence-corrected chi connectivity index (χ0v) is 14.5. The van der Waals surface area contributed by atoms with Gasteiger partial charge in [-0.05, 0) is 38.1 Å². The number of oxazole rings is 1. The van der Waals surface area contributed by atoms with Crippen molar-refractivity contribution in [1.82, 2.24) is 9.88 Å². The summed E-state index contributed by atoms with van der Waals surface area (Å²) in [6.45, 7) is 6.84. The van der Waals surface area contributed by atoms with Gasteiger partial charge in [-0.3, -0.25) is 4.79 Å². The lowest BCUT2D eigenvalue weighted by Gasteiger charge is -2.34. The minimum Gasteiger partial charge on any atom is -0.423 e. The first-order valence-corrected chi connectivity index (χ1v) is 8.58. The van der Waals surface area contributed by atoms with E-state index in [0.29, 0.717) is 19.1 Å². The molecule has 1 amide bonds. The van der Waals surface area contributed by atoms with E-state index >= 15 is 0 Å². The molecule has 25 heavy (non-hydrogen) atoms. The van der Waals surface area contributed by atoms with Crippen LogP contribution in [0.4, 0.5) is 6.01 Å². The van der Waals surface area contributed by atoms with Crippen molar-refractivity contribution >= 4 is 23.0 Å². The minimum atomic E-state index is 0.101. The zero-order chi connectivity index (χ0) is 17.4. The van der Waals surface area contributed by atoms with Gasteiger partial charge in [0, 0.05) is 31.7 Å². The van der Waals surface area contributed by atoms with Crippen LogP contribution < -0.4 is 4.90 Å². The molecule has 0 unspecified atom stereocenters. The molecule has 128 valence electrons. The van der Waals surface area contributed by atoms with E-state index < -0.39 is 0 Å². The summed E-state index contributed by atoms with van der Waals surface area (Å²) in [7, 11) is 0. The van der Waals surface area contributed by atoms with Gasteiger partial charge in [-0.15, -0.1) is 0 Å². The van der Waals surface area contributed by atoms with E-state index in [9.17, 15) is 4.79 Å². The maximum atomic E-state index is 12.8. The van der Waals surface area contributed by atoms with Gasteiger partial charge >= 0.3 is 0 Å². The average Bonchev–Trinajstić information content (AvgIpc) is 3.04. The Balaban J connectivity index is 1.46. The second-order valence-corrected chi connectivity index (χ2v) is 6.62. The van der Waals surface area contributed by atoms with Gasteiger partial charge in [0.1, 0.15) is 5.52 Å². The highest BCUT2D eigenvalue weighted by Crippen LogP contribution is 2.23. The number of benzene rings is 2. The van der Waals surface area contributed by atoms with Gasteiger partial charge in [0.2, 0.25) is 0 Å². The fourth-order valence-corrected chi connectivity index (χ4v) is 3.38. The van der Waals surface area contributed by atoms with Crippen LogP contribution in [0.15, 0.2) is 46.9 Å². The molecular formula is C20H21N3O2. The van der Waals surface area contributed by atoms with Crippen molar-refractivity contribution in [3.63, 3.8) is 0 Å². The van der Waals surface area contributed by atoms with Crippen molar-refractivity contribution in [2.24, 2.45) is 0 Å². The lowest BCUT2D eigenvalue weighted by molar-refractivity contribution is 0.0745. The lowest BCUT2D eigenvalue weighted by atomic mass is 10.1. The zero-order valence-electron chi connectivity index (χ0n) is 14.5. The summed E-state index contributed by atoms with van der Waals surface area (Å²) in [4.78, 5) is 21.3. The maximum Gasteiger partial charge on any atom is 0.298 e. The monoisotopic (exact) mass is 335 g/mol. The molecule has 1 fully saturated rings. The molecule has 0 bridgehead atoms. The van der Waals surface area contributed by atoms with Gasteiger partial charge in [-0.25, -0.2) is 0 Å². The SMILES string of the molecule is Cc1cc(C)cc(C(=O)N2CCN(c3nc4ccccc4o3)CC2)c1. The molecule has 3 aromatic rings. The molecule has 0 radical (unpaired) electrons. The molecule has 0 N–H and O–H groups in total. The Kier molecular flexibility index (Phi) is 3.92. The Hall–Kier alpha value is -2.82. The van der Waals surface area contributed by atoms with Crippen LogP contribution in [0.25, 0.3) is 11.1 Å². The molecule has 0 aliphatic carbocycles. The molecule has 5 heteroatoms. The van der Waals surface area contributed by atoms with E-state index in [1.165, 1.54) is 0 Å². The number of nitrogens with zero attached hydrogens (tertiary/aromatic N) is 3. The number of hydrogen-bond acceptors (Lipinski definition) is 4. The smallest absolute Gasteiger partial charge is 0.298 e. The van der Waals surface area contributed by atoms with Crippen molar-refractivity contribution in [3.05, 3.63) is 59.2 Å². The highest BCUT2D eigenvalue weighted by molar-refractivity contribution is 5.94. The standard InChI is InChI=1S/C20H21N3O2/c1-14-11-15(2)13-16(12-14)19(24)22-7-9-23(10-8-22)20-21-17-5-3-4-6-18(17)25-20/h3-6,11-13H,7-10H2,1-2H3. The number of hydrogen-bond donors (Lipinski definition) is 0. The highest BCUT2D eigenvalue weighted by Gasteiger charge is 2.25. The number of carbonyl (C=O) groups excluding carboxylic acids is 1. The molecule has 1 aliphatic heterocycles. The van der Waals surface area contributed by atoms with Crippen LogP contribution in [0.1, 0.15) is 21.5 Å². The second kappa shape index (κ2) is 6.24. The van der Waals surface area contributed by atoms with Crippen LogP contribution in [-0.2, 0) is 0 Å². The first kappa shape index (κ1) is 15.7. The summed E-state index contributed by atoms with van der Waals surface area (Å²) in [6.07, 6.45) is 0. The Bertz CT molecular complexity index is 870. The molecule has 0 spiro atoms. The molecule has 0 atom stereocenters. The summed E-state index contributed by atoms with van der Waals surface area (Å²) < 4.78 is 5.83. The number of amides is 1. The van der Waals surface area contributed by atoms with Crippen LogP contribution in [0.3, 0.4) is 0 Å². The van der Waals surface area contributed by atoms with Crippen molar-refractivity contribution in [1.29, 1.82) is 0 Å². The minimum absolute atomic E-state index is 0.101. The number of fused-ring (bicyclic) bond motifs is 1. The molecule has 2 heterocycles. The fraction of sp³-hybridized carbons (Fsp3) is 0.300. The van der Waals surface area contributed by atoms with Crippen LogP contribution in [0.2, 0.25) is 0 Å². The van der Waals surface area contributed by atoms with Crippen LogP contribution in [0, 0.1) is 13.8 Å². The van der Waals surface area contributed by atoms with Gasteiger partial charge in [0.25, 0.3) is 11.9 Å². The Morgan fingerprint density at radius 2 is 1.68 bits per heavy atom. The van der Waals surface area contributed by atoms with E-state index in [1.807, 2.05) is 55.1 Å². The molecule has 1 saturated heterocycles. The first-order chi connectivity index (χ1) is 12.1. The lowest BCUT2D eigenvalue weighted by Crippen LogP contribution is -2.49. The van der Waals surface area contributed by atoms with E-state index in [-0.39, 0.29) is 5.91 Å². The summed E-state index contributed by atoms with van der Waals surface area (Å²) in [6, 6.07) is 14.4. The van der Waals surface area contributed by atoms with Crippen molar-refractivity contribution in [2.75, 3.05) is 31.1 Å². The molecule has 0 saturated carbocycles. The molecule has 4 rings (SSSR count). The summed E-state index contributed by atoms with van der Waals surface area (Å²) in [5.41, 5.74) is 4.67. The van der Waals surface area contributed by atoms with Gasteiger partial charge in [-0.2, -0.15) is 4.98 Å². The number of para-hydroxylation sites is 2. The predicted molar refractivity (Wildman–Crippen MR) is 98.0 cm³/mol. The second-order valence-electron chi connectivity index (χ2n) is 6.62. The quantitative estimate of drug-likeness (QED) is 0.720. The van der Waals surface area contributed by atoms with E-state index in [2.05, 4.69) is 16.0 Å². The maximum absolute atomic E-state index is 12.8. The van der Waals surface area contributed by atoms with E-state index in [0.717, 1.165) is 40.9 Å². The van der Waals surface area contributed by atoms with Crippen LogP contribution >= 0.6 is 0 Å². The number of rotatable bonds is 2. The third-order valence-corrected chi connectivity index (χ3v) is 4.59. The number of aromatic nitrogens is 1. The van der Waals surface area contributed by atoms with E-state index in [1.54, 1.807) is 0 Å². The topological polar surface area (TPSA) is 49.6 Å². The highest BCUT2D eigenvalue weighted by atomic mass is 16.4. The summed E-state index contributed by atoms with van der Waals surface area (Å²) >= 11 is 0. The predicted octanol–water partition coefficient (Wildman–Crippen LogP) is 3.41. The Morgan fingerprint density at radius 1 is 1.00 bits per heavy atom. The number of piperazine rings is 1. The molecule has 5 nitrogen and oxygen atoms in total. The van der Waals surface area contributed by atoms with Gasteiger partial charge in [0.05, 0.1) is 0 Å².